The topological polar surface area (TPSA) is 57.2 Å². The van der Waals surface area contributed by atoms with Crippen LogP contribution in [0.2, 0.25) is 0 Å². The quantitative estimate of drug-likeness (QED) is 0.491. The Bertz CT molecular complexity index is 461. The Hall–Kier alpha value is -0.460. The molecule has 1 N–H and O–H groups in total. The maximum absolute atomic E-state index is 9.08. The lowest BCUT2D eigenvalue weighted by molar-refractivity contribution is -0.233. The Morgan fingerprint density at radius 2 is 2.04 bits per heavy atom. The van der Waals surface area contributed by atoms with Crippen molar-refractivity contribution < 1.29 is 24.1 Å². The van der Waals surface area contributed by atoms with Crippen molar-refractivity contribution in [3.05, 3.63) is 11.6 Å². The molecule has 0 aromatic heterocycles. The molecule has 4 unspecified atom stereocenters. The Morgan fingerprint density at radius 1 is 1.27 bits per heavy atom. The summed E-state index contributed by atoms with van der Waals surface area (Å²) in [5.74, 6) is -0.540. The van der Waals surface area contributed by atoms with Crippen molar-refractivity contribution in [1.29, 1.82) is 0 Å². The maximum Gasteiger partial charge on any atom is 0.163 e. The molecule has 2 aliphatic heterocycles. The summed E-state index contributed by atoms with van der Waals surface area (Å²) < 4.78 is 24.6. The van der Waals surface area contributed by atoms with Crippen LogP contribution in [0, 0.1) is 0 Å². The van der Waals surface area contributed by atoms with E-state index in [0.29, 0.717) is 6.61 Å². The average Bonchev–Trinajstić information content (AvgIpc) is 2.96. The van der Waals surface area contributed by atoms with Crippen molar-refractivity contribution in [3.63, 3.8) is 0 Å². The van der Waals surface area contributed by atoms with Gasteiger partial charge in [-0.15, -0.1) is 0 Å². The first kappa shape index (κ1) is 21.8. The van der Waals surface area contributed by atoms with Crippen LogP contribution in [0.15, 0.2) is 11.6 Å². The minimum atomic E-state index is -0.540. The molecule has 0 aromatic rings. The lowest BCUT2D eigenvalue weighted by Gasteiger charge is -2.45. The molecule has 0 aliphatic carbocycles. The molecule has 2 saturated heterocycles. The highest BCUT2D eigenvalue weighted by Gasteiger charge is 2.49. The fourth-order valence-electron chi connectivity index (χ4n) is 3.76. The van der Waals surface area contributed by atoms with Gasteiger partial charge < -0.3 is 24.1 Å². The monoisotopic (exact) mass is 370 g/mol. The molecule has 0 saturated carbocycles. The summed E-state index contributed by atoms with van der Waals surface area (Å²) in [5, 5.41) is 9.08. The first-order valence-electron chi connectivity index (χ1n) is 10.2. The van der Waals surface area contributed by atoms with Gasteiger partial charge in [-0.1, -0.05) is 25.0 Å². The summed E-state index contributed by atoms with van der Waals surface area (Å²) in [7, 11) is 0. The normalized spacial score (nSPS) is 35.0. The van der Waals surface area contributed by atoms with Crippen LogP contribution in [0.3, 0.4) is 0 Å². The van der Waals surface area contributed by atoms with E-state index in [0.717, 1.165) is 45.1 Å². The molecule has 2 aliphatic rings. The first-order chi connectivity index (χ1) is 12.3. The second kappa shape index (κ2) is 9.65. The van der Waals surface area contributed by atoms with E-state index in [1.165, 1.54) is 5.57 Å². The summed E-state index contributed by atoms with van der Waals surface area (Å²) >= 11 is 0. The zero-order valence-corrected chi connectivity index (χ0v) is 17.3. The maximum atomic E-state index is 9.08. The van der Waals surface area contributed by atoms with Gasteiger partial charge in [0.15, 0.2) is 5.79 Å². The fraction of sp³-hybridized carbons (Fsp3) is 0.905. The highest BCUT2D eigenvalue weighted by molar-refractivity contribution is 5.00. The largest absolute Gasteiger partial charge is 0.392 e. The van der Waals surface area contributed by atoms with Gasteiger partial charge in [-0.05, 0) is 59.8 Å². The summed E-state index contributed by atoms with van der Waals surface area (Å²) in [5.41, 5.74) is 0.842. The minimum Gasteiger partial charge on any atom is -0.392 e. The molecule has 2 fully saturated rings. The van der Waals surface area contributed by atoms with Crippen LogP contribution in [-0.4, -0.2) is 54.6 Å². The predicted octanol–water partition coefficient (Wildman–Crippen LogP) is 3.98. The van der Waals surface area contributed by atoms with Crippen LogP contribution in [0.25, 0.3) is 0 Å². The Balaban J connectivity index is 2.01. The molecule has 5 nitrogen and oxygen atoms in total. The van der Waals surface area contributed by atoms with E-state index in [1.54, 1.807) is 0 Å². The van der Waals surface area contributed by atoms with Gasteiger partial charge in [0.05, 0.1) is 31.0 Å². The number of unbranched alkanes of at least 4 members (excludes halogenated alkanes) is 1. The zero-order valence-electron chi connectivity index (χ0n) is 17.3. The second-order valence-electron chi connectivity index (χ2n) is 8.36. The molecule has 4 atom stereocenters. The Kier molecular flexibility index (Phi) is 8.10. The van der Waals surface area contributed by atoms with E-state index < -0.39 is 5.79 Å². The van der Waals surface area contributed by atoms with Crippen molar-refractivity contribution in [2.45, 2.75) is 103 Å². The molecule has 0 spiro atoms. The van der Waals surface area contributed by atoms with Crippen LogP contribution in [0.1, 0.15) is 73.1 Å². The van der Waals surface area contributed by atoms with Crippen molar-refractivity contribution in [3.8, 4) is 0 Å². The van der Waals surface area contributed by atoms with Crippen LogP contribution < -0.4 is 0 Å². The van der Waals surface area contributed by atoms with Gasteiger partial charge in [0, 0.05) is 6.61 Å². The molecule has 0 aromatic carbocycles. The van der Waals surface area contributed by atoms with Gasteiger partial charge in [0.2, 0.25) is 0 Å². The smallest absolute Gasteiger partial charge is 0.163 e. The SMILES string of the molecule is CCCCOC1CCC(C)(C2COC(C)(C)O2)OC1CCC(C)=CCO. The lowest BCUT2D eigenvalue weighted by Crippen LogP contribution is -2.54. The molecule has 152 valence electrons. The summed E-state index contributed by atoms with van der Waals surface area (Å²) in [6.45, 7) is 11.7. The summed E-state index contributed by atoms with van der Waals surface area (Å²) in [6, 6.07) is 0. The lowest BCUT2D eigenvalue weighted by atomic mass is 9.85. The fourth-order valence-corrected chi connectivity index (χ4v) is 3.76. The first-order valence-corrected chi connectivity index (χ1v) is 10.2. The molecule has 2 heterocycles. The van der Waals surface area contributed by atoms with Crippen molar-refractivity contribution in [2.24, 2.45) is 0 Å². The molecular formula is C21H38O5. The Morgan fingerprint density at radius 3 is 2.65 bits per heavy atom. The molecule has 0 bridgehead atoms. The van der Waals surface area contributed by atoms with Gasteiger partial charge in [0.25, 0.3) is 0 Å². The average molecular weight is 371 g/mol. The number of aliphatic hydroxyl groups is 1. The van der Waals surface area contributed by atoms with Gasteiger partial charge in [-0.2, -0.15) is 0 Å². The van der Waals surface area contributed by atoms with Gasteiger partial charge in [-0.25, -0.2) is 0 Å². The molecule has 0 amide bonds. The van der Waals surface area contributed by atoms with Gasteiger partial charge in [-0.3, -0.25) is 0 Å². The van der Waals surface area contributed by atoms with E-state index in [4.69, 9.17) is 24.1 Å². The standard InChI is InChI=1S/C21H38O5/c1-6-7-14-23-17-10-12-21(5,19-15-24-20(3,4)26-19)25-18(17)9-8-16(2)11-13-22/h11,17-19,22H,6-10,12-15H2,1-5H3. The number of hydrogen-bond donors (Lipinski definition) is 1. The zero-order chi connectivity index (χ0) is 19.2. The highest BCUT2D eigenvalue weighted by Crippen LogP contribution is 2.40. The number of aliphatic hydroxyl groups excluding tert-OH is 1. The second-order valence-corrected chi connectivity index (χ2v) is 8.36. The van der Waals surface area contributed by atoms with Gasteiger partial charge >= 0.3 is 0 Å². The number of rotatable bonds is 9. The van der Waals surface area contributed by atoms with E-state index >= 15 is 0 Å². The van der Waals surface area contributed by atoms with Crippen molar-refractivity contribution in [1.82, 2.24) is 0 Å². The van der Waals surface area contributed by atoms with Gasteiger partial charge in [0.1, 0.15) is 6.10 Å². The summed E-state index contributed by atoms with van der Waals surface area (Å²) in [4.78, 5) is 0. The van der Waals surface area contributed by atoms with E-state index in [-0.39, 0.29) is 30.5 Å². The molecule has 26 heavy (non-hydrogen) atoms. The van der Waals surface area contributed by atoms with Crippen LogP contribution in [0.5, 0.6) is 0 Å². The third-order valence-electron chi connectivity index (χ3n) is 5.54. The summed E-state index contributed by atoms with van der Waals surface area (Å²) in [6.07, 6.45) is 7.90. The molecular weight excluding hydrogens is 332 g/mol. The van der Waals surface area contributed by atoms with Crippen molar-refractivity contribution >= 4 is 0 Å². The van der Waals surface area contributed by atoms with Crippen LogP contribution >= 0.6 is 0 Å². The molecule has 2 rings (SSSR count). The highest BCUT2D eigenvalue weighted by atomic mass is 16.8. The van der Waals surface area contributed by atoms with E-state index in [2.05, 4.69) is 20.8 Å². The van der Waals surface area contributed by atoms with Crippen molar-refractivity contribution in [2.75, 3.05) is 19.8 Å². The number of allylic oxidation sites excluding steroid dienone is 1. The van der Waals surface area contributed by atoms with Crippen LogP contribution in [0.4, 0.5) is 0 Å². The molecule has 0 radical (unpaired) electrons. The van der Waals surface area contributed by atoms with Crippen LogP contribution in [-0.2, 0) is 18.9 Å². The van der Waals surface area contributed by atoms with E-state index in [9.17, 15) is 0 Å². The number of hydrogen-bond acceptors (Lipinski definition) is 5. The third kappa shape index (κ3) is 6.03. The third-order valence-corrected chi connectivity index (χ3v) is 5.54. The number of ether oxygens (including phenoxy) is 4. The van der Waals surface area contributed by atoms with E-state index in [1.807, 2.05) is 19.9 Å². The Labute approximate surface area is 159 Å². The molecule has 5 heteroatoms. The minimum absolute atomic E-state index is 0.0416. The predicted molar refractivity (Wildman–Crippen MR) is 102 cm³/mol.